The molecular formula is C15H10N2O4. The third kappa shape index (κ3) is 1.88. The number of carbonyl (C=O) groups excluding carboxylic acids is 2. The van der Waals surface area contributed by atoms with Crippen molar-refractivity contribution in [1.82, 2.24) is 0 Å². The van der Waals surface area contributed by atoms with E-state index in [9.17, 15) is 19.7 Å². The number of nitro benzene ring substituents is 1. The Bertz CT molecular complexity index is 763. The summed E-state index contributed by atoms with van der Waals surface area (Å²) in [4.78, 5) is 36.1. The van der Waals surface area contributed by atoms with E-state index < -0.39 is 16.7 Å². The number of non-ortho nitro benzene ring substituents is 1. The van der Waals surface area contributed by atoms with Gasteiger partial charge in [0.1, 0.15) is 0 Å². The smallest absolute Gasteiger partial charge is 0.268 e. The van der Waals surface area contributed by atoms with Crippen LogP contribution in [0.25, 0.3) is 0 Å². The fourth-order valence-corrected chi connectivity index (χ4v) is 2.36. The Labute approximate surface area is 119 Å². The van der Waals surface area contributed by atoms with Crippen LogP contribution in [0.4, 0.5) is 11.4 Å². The van der Waals surface area contributed by atoms with Crippen molar-refractivity contribution in [2.24, 2.45) is 0 Å². The van der Waals surface area contributed by atoms with Gasteiger partial charge in [0, 0.05) is 12.1 Å². The summed E-state index contributed by atoms with van der Waals surface area (Å²) in [5.41, 5.74) is 1.33. The first kappa shape index (κ1) is 13.0. The molecule has 0 atom stereocenters. The lowest BCUT2D eigenvalue weighted by Gasteiger charge is -2.16. The lowest BCUT2D eigenvalue weighted by molar-refractivity contribution is -0.384. The molecular weight excluding hydrogens is 272 g/mol. The summed E-state index contributed by atoms with van der Waals surface area (Å²) in [6.07, 6.45) is 0. The molecule has 1 aliphatic rings. The maximum Gasteiger partial charge on any atom is 0.271 e. The number of hydrogen-bond acceptors (Lipinski definition) is 4. The van der Waals surface area contributed by atoms with Crippen molar-refractivity contribution in [1.29, 1.82) is 0 Å². The number of carbonyl (C=O) groups is 2. The van der Waals surface area contributed by atoms with Gasteiger partial charge < -0.3 is 0 Å². The van der Waals surface area contributed by atoms with Gasteiger partial charge in [-0.05, 0) is 24.6 Å². The van der Waals surface area contributed by atoms with Gasteiger partial charge in [0.25, 0.3) is 17.5 Å². The maximum atomic E-state index is 12.4. The molecule has 3 rings (SSSR count). The van der Waals surface area contributed by atoms with E-state index in [1.54, 1.807) is 31.2 Å². The predicted octanol–water partition coefficient (Wildman–Crippen LogP) is 2.70. The molecule has 2 aromatic carbocycles. The number of rotatable bonds is 2. The van der Waals surface area contributed by atoms with Crippen LogP contribution >= 0.6 is 0 Å². The average molecular weight is 282 g/mol. The molecule has 0 saturated carbocycles. The number of hydrogen-bond donors (Lipinski definition) is 0. The summed E-state index contributed by atoms with van der Waals surface area (Å²) in [6, 6.07) is 10.6. The molecule has 0 bridgehead atoms. The van der Waals surface area contributed by atoms with Gasteiger partial charge in [-0.25, -0.2) is 4.90 Å². The van der Waals surface area contributed by atoms with Crippen LogP contribution in [0.1, 0.15) is 26.3 Å². The van der Waals surface area contributed by atoms with Gasteiger partial charge >= 0.3 is 0 Å². The highest BCUT2D eigenvalue weighted by Gasteiger charge is 2.37. The van der Waals surface area contributed by atoms with Crippen LogP contribution in [0.5, 0.6) is 0 Å². The first-order valence-corrected chi connectivity index (χ1v) is 6.23. The van der Waals surface area contributed by atoms with Gasteiger partial charge in [-0.15, -0.1) is 0 Å². The number of imide groups is 1. The molecule has 6 nitrogen and oxygen atoms in total. The second kappa shape index (κ2) is 4.52. The zero-order chi connectivity index (χ0) is 15.1. The summed E-state index contributed by atoms with van der Waals surface area (Å²) in [5, 5.41) is 10.9. The van der Waals surface area contributed by atoms with Gasteiger partial charge in [-0.1, -0.05) is 18.2 Å². The lowest BCUT2D eigenvalue weighted by Crippen LogP contribution is -2.30. The number of aryl methyl sites for hydroxylation is 1. The fourth-order valence-electron chi connectivity index (χ4n) is 2.36. The zero-order valence-corrected chi connectivity index (χ0v) is 11.1. The standard InChI is InChI=1S/C15H10N2O4/c1-9-6-7-10(17(20)21)8-13(9)16-14(18)11-4-2-3-5-12(11)15(16)19/h2-8H,1H3. The third-order valence-corrected chi connectivity index (χ3v) is 3.44. The lowest BCUT2D eigenvalue weighted by atomic mass is 10.1. The highest BCUT2D eigenvalue weighted by atomic mass is 16.6. The highest BCUT2D eigenvalue weighted by Crippen LogP contribution is 2.32. The van der Waals surface area contributed by atoms with E-state index in [0.717, 1.165) is 4.90 Å². The Hall–Kier alpha value is -3.02. The summed E-state index contributed by atoms with van der Waals surface area (Å²) < 4.78 is 0. The zero-order valence-electron chi connectivity index (χ0n) is 11.1. The van der Waals surface area contributed by atoms with Crippen molar-refractivity contribution in [3.63, 3.8) is 0 Å². The molecule has 2 amide bonds. The maximum absolute atomic E-state index is 12.4. The molecule has 0 fully saturated rings. The minimum absolute atomic E-state index is 0.160. The van der Waals surface area contributed by atoms with E-state index in [4.69, 9.17) is 0 Å². The van der Waals surface area contributed by atoms with Gasteiger partial charge in [0.05, 0.1) is 21.7 Å². The van der Waals surface area contributed by atoms with Crippen LogP contribution in [0, 0.1) is 17.0 Å². The molecule has 0 N–H and O–H groups in total. The first-order chi connectivity index (χ1) is 10.0. The van der Waals surface area contributed by atoms with Crippen molar-refractivity contribution in [3.05, 3.63) is 69.3 Å². The van der Waals surface area contributed by atoms with Crippen LogP contribution in [0.3, 0.4) is 0 Å². The average Bonchev–Trinajstić information content (AvgIpc) is 2.72. The van der Waals surface area contributed by atoms with Gasteiger partial charge in [0.2, 0.25) is 0 Å². The van der Waals surface area contributed by atoms with Crippen molar-refractivity contribution in [2.75, 3.05) is 4.90 Å². The Morgan fingerprint density at radius 3 is 2.10 bits per heavy atom. The fraction of sp³-hybridized carbons (Fsp3) is 0.0667. The van der Waals surface area contributed by atoms with E-state index in [0.29, 0.717) is 16.7 Å². The Kier molecular flexibility index (Phi) is 2.79. The Balaban J connectivity index is 2.15. The van der Waals surface area contributed by atoms with Crippen molar-refractivity contribution < 1.29 is 14.5 Å². The minimum atomic E-state index is -0.554. The summed E-state index contributed by atoms with van der Waals surface area (Å²) in [7, 11) is 0. The number of benzene rings is 2. The third-order valence-electron chi connectivity index (χ3n) is 3.44. The van der Waals surface area contributed by atoms with Crippen LogP contribution in [-0.2, 0) is 0 Å². The largest absolute Gasteiger partial charge is 0.271 e. The number of anilines is 1. The van der Waals surface area contributed by atoms with E-state index in [1.165, 1.54) is 18.2 Å². The van der Waals surface area contributed by atoms with Crippen LogP contribution < -0.4 is 4.90 Å². The van der Waals surface area contributed by atoms with Crippen molar-refractivity contribution in [3.8, 4) is 0 Å². The van der Waals surface area contributed by atoms with Crippen LogP contribution in [0.2, 0.25) is 0 Å². The molecule has 2 aromatic rings. The molecule has 0 aromatic heterocycles. The molecule has 104 valence electrons. The molecule has 0 radical (unpaired) electrons. The molecule has 0 aliphatic carbocycles. The van der Waals surface area contributed by atoms with E-state index in [-0.39, 0.29) is 11.4 Å². The predicted molar refractivity (Wildman–Crippen MR) is 75.4 cm³/mol. The second-order valence-electron chi connectivity index (χ2n) is 4.72. The second-order valence-corrected chi connectivity index (χ2v) is 4.72. The van der Waals surface area contributed by atoms with Gasteiger partial charge in [0.15, 0.2) is 0 Å². The molecule has 0 saturated heterocycles. The number of nitro groups is 1. The molecule has 6 heteroatoms. The van der Waals surface area contributed by atoms with Crippen LogP contribution in [-0.4, -0.2) is 16.7 Å². The molecule has 21 heavy (non-hydrogen) atoms. The summed E-state index contributed by atoms with van der Waals surface area (Å²) >= 11 is 0. The van der Waals surface area contributed by atoms with E-state index >= 15 is 0 Å². The quantitative estimate of drug-likeness (QED) is 0.482. The SMILES string of the molecule is Cc1ccc([N+](=O)[O-])cc1N1C(=O)c2ccccc2C1=O. The van der Waals surface area contributed by atoms with E-state index in [1.807, 2.05) is 0 Å². The minimum Gasteiger partial charge on any atom is -0.268 e. The van der Waals surface area contributed by atoms with Gasteiger partial charge in [-0.2, -0.15) is 0 Å². The van der Waals surface area contributed by atoms with E-state index in [2.05, 4.69) is 0 Å². The topological polar surface area (TPSA) is 80.5 Å². The summed E-state index contributed by atoms with van der Waals surface area (Å²) in [5.74, 6) is -0.918. The number of nitrogens with zero attached hydrogens (tertiary/aromatic N) is 2. The van der Waals surface area contributed by atoms with Gasteiger partial charge in [-0.3, -0.25) is 19.7 Å². The highest BCUT2D eigenvalue weighted by molar-refractivity contribution is 6.34. The molecule has 0 spiro atoms. The monoisotopic (exact) mass is 282 g/mol. The first-order valence-electron chi connectivity index (χ1n) is 6.23. The summed E-state index contributed by atoms with van der Waals surface area (Å²) in [6.45, 7) is 1.70. The number of amides is 2. The molecule has 1 heterocycles. The molecule has 1 aliphatic heterocycles. The molecule has 0 unspecified atom stereocenters. The van der Waals surface area contributed by atoms with Crippen molar-refractivity contribution >= 4 is 23.2 Å². The Morgan fingerprint density at radius 1 is 1.00 bits per heavy atom. The van der Waals surface area contributed by atoms with Crippen molar-refractivity contribution in [2.45, 2.75) is 6.92 Å². The Morgan fingerprint density at radius 2 is 1.57 bits per heavy atom. The normalized spacial score (nSPS) is 13.5. The van der Waals surface area contributed by atoms with Crippen LogP contribution in [0.15, 0.2) is 42.5 Å². The number of fused-ring (bicyclic) bond motifs is 1.